The number of benzene rings is 7. The minimum atomic E-state index is 0.515. The molecular formula is C48H27N5O2. The predicted octanol–water partition coefficient (Wildman–Crippen LogP) is 12.3. The van der Waals surface area contributed by atoms with Gasteiger partial charge < -0.3 is 8.83 Å². The maximum absolute atomic E-state index is 6.49. The SMILES string of the molecule is c1ccc2cc(-c3nc(-c4cccc5oc6ncccc6c45)nc(-n4c5ccccc5c5ccc(-c6cccc7c6oc6ccccc67)cc54)n3)ccc2c1. The summed E-state index contributed by atoms with van der Waals surface area (Å²) in [6, 6.07) is 54.2. The van der Waals surface area contributed by atoms with Crippen molar-refractivity contribution >= 4 is 76.6 Å². The average Bonchev–Trinajstić information content (AvgIpc) is 3.93. The van der Waals surface area contributed by atoms with Crippen molar-refractivity contribution in [2.45, 2.75) is 0 Å². The number of nitrogens with zero attached hydrogens (tertiary/aromatic N) is 5. The Hall–Kier alpha value is -7.64. The Kier molecular flexibility index (Phi) is 6.21. The van der Waals surface area contributed by atoms with E-state index >= 15 is 0 Å². The average molecular weight is 706 g/mol. The quantitative estimate of drug-likeness (QED) is 0.181. The molecule has 0 radical (unpaired) electrons. The summed E-state index contributed by atoms with van der Waals surface area (Å²) in [4.78, 5) is 20.3. The zero-order valence-corrected chi connectivity index (χ0v) is 29.1. The smallest absolute Gasteiger partial charge is 0.238 e. The first kappa shape index (κ1) is 29.9. The van der Waals surface area contributed by atoms with Crippen LogP contribution in [-0.4, -0.2) is 24.5 Å². The standard InChI is InChI=1S/C48H27N5O2/c1-2-11-29-26-31(22-21-28(29)10-1)45-50-46(37-16-8-20-42-43(37)38-17-9-25-49-47(38)55-42)52-48(51-45)53-39-18-5-3-12-33(39)34-24-23-30(27-40(34)53)32-14-7-15-36-35-13-4-6-19-41(35)54-44(32)36/h1-27H. The summed E-state index contributed by atoms with van der Waals surface area (Å²) in [6.07, 6.45) is 1.74. The molecule has 0 aliphatic carbocycles. The number of fused-ring (bicyclic) bond motifs is 10. The maximum Gasteiger partial charge on any atom is 0.238 e. The van der Waals surface area contributed by atoms with Gasteiger partial charge in [-0.15, -0.1) is 0 Å². The largest absolute Gasteiger partial charge is 0.455 e. The minimum absolute atomic E-state index is 0.515. The molecule has 0 fully saturated rings. The van der Waals surface area contributed by atoms with Crippen molar-refractivity contribution in [1.29, 1.82) is 0 Å². The van der Waals surface area contributed by atoms with Crippen LogP contribution in [0.1, 0.15) is 0 Å². The molecule has 55 heavy (non-hydrogen) atoms. The van der Waals surface area contributed by atoms with E-state index in [4.69, 9.17) is 23.8 Å². The number of hydrogen-bond acceptors (Lipinski definition) is 6. The van der Waals surface area contributed by atoms with Crippen LogP contribution in [0.15, 0.2) is 173 Å². The number of aromatic nitrogens is 5. The minimum Gasteiger partial charge on any atom is -0.455 e. The lowest BCUT2D eigenvalue weighted by molar-refractivity contribution is 0.654. The lowest BCUT2D eigenvalue weighted by Gasteiger charge is -2.12. The van der Waals surface area contributed by atoms with Crippen LogP contribution in [0.4, 0.5) is 0 Å². The lowest BCUT2D eigenvalue weighted by atomic mass is 10.0. The first-order valence-corrected chi connectivity index (χ1v) is 18.2. The van der Waals surface area contributed by atoms with Gasteiger partial charge in [-0.05, 0) is 58.8 Å². The molecule has 7 heteroatoms. The van der Waals surface area contributed by atoms with Crippen LogP contribution in [0.25, 0.3) is 116 Å². The van der Waals surface area contributed by atoms with Gasteiger partial charge in [0, 0.05) is 55.2 Å². The molecule has 0 aliphatic rings. The Morgan fingerprint density at radius 2 is 1.16 bits per heavy atom. The van der Waals surface area contributed by atoms with Gasteiger partial charge in [0.1, 0.15) is 16.7 Å². The Morgan fingerprint density at radius 1 is 0.436 bits per heavy atom. The van der Waals surface area contributed by atoms with Crippen molar-refractivity contribution in [2.24, 2.45) is 0 Å². The zero-order valence-electron chi connectivity index (χ0n) is 29.1. The molecule has 12 rings (SSSR count). The van der Waals surface area contributed by atoms with E-state index in [1.54, 1.807) is 6.20 Å². The summed E-state index contributed by atoms with van der Waals surface area (Å²) in [5, 5.41) is 8.47. The maximum atomic E-state index is 6.49. The number of furan rings is 2. The van der Waals surface area contributed by atoms with Gasteiger partial charge in [0.25, 0.3) is 0 Å². The summed E-state index contributed by atoms with van der Waals surface area (Å²) >= 11 is 0. The molecule has 0 amide bonds. The second kappa shape index (κ2) is 11.4. The molecule has 0 saturated carbocycles. The normalized spacial score (nSPS) is 12.0. The van der Waals surface area contributed by atoms with Crippen molar-refractivity contribution in [1.82, 2.24) is 24.5 Å². The van der Waals surface area contributed by atoms with Gasteiger partial charge in [-0.25, -0.2) is 9.97 Å². The van der Waals surface area contributed by atoms with Crippen LogP contribution >= 0.6 is 0 Å². The molecule has 256 valence electrons. The second-order valence-electron chi connectivity index (χ2n) is 13.8. The van der Waals surface area contributed by atoms with Crippen molar-refractivity contribution in [2.75, 3.05) is 0 Å². The van der Waals surface area contributed by atoms with Crippen LogP contribution in [0.5, 0.6) is 0 Å². The van der Waals surface area contributed by atoms with E-state index in [-0.39, 0.29) is 0 Å². The third-order valence-corrected chi connectivity index (χ3v) is 10.7. The second-order valence-corrected chi connectivity index (χ2v) is 13.8. The Morgan fingerprint density at radius 3 is 2.13 bits per heavy atom. The fourth-order valence-electron chi connectivity index (χ4n) is 8.22. The highest BCUT2D eigenvalue weighted by Crippen LogP contribution is 2.40. The van der Waals surface area contributed by atoms with Crippen LogP contribution in [-0.2, 0) is 0 Å². The molecule has 0 saturated heterocycles. The summed E-state index contributed by atoms with van der Waals surface area (Å²) in [5.41, 5.74) is 8.79. The van der Waals surface area contributed by atoms with E-state index < -0.39 is 0 Å². The van der Waals surface area contributed by atoms with Gasteiger partial charge in [0.05, 0.1) is 11.0 Å². The third-order valence-electron chi connectivity index (χ3n) is 10.7. The fourth-order valence-corrected chi connectivity index (χ4v) is 8.22. The molecule has 0 atom stereocenters. The highest BCUT2D eigenvalue weighted by atomic mass is 16.3. The molecule has 0 spiro atoms. The van der Waals surface area contributed by atoms with E-state index in [0.717, 1.165) is 93.1 Å². The highest BCUT2D eigenvalue weighted by Gasteiger charge is 2.22. The number of hydrogen-bond donors (Lipinski definition) is 0. The Bertz CT molecular complexity index is 3520. The fraction of sp³-hybridized carbons (Fsp3) is 0. The van der Waals surface area contributed by atoms with E-state index in [2.05, 4.69) is 125 Å². The van der Waals surface area contributed by atoms with Crippen LogP contribution in [0, 0.1) is 0 Å². The molecular weight excluding hydrogens is 679 g/mol. The predicted molar refractivity (Wildman–Crippen MR) is 220 cm³/mol. The molecule has 0 bridgehead atoms. The van der Waals surface area contributed by atoms with E-state index in [0.29, 0.717) is 23.3 Å². The summed E-state index contributed by atoms with van der Waals surface area (Å²) in [7, 11) is 0. The van der Waals surface area contributed by atoms with Gasteiger partial charge in [-0.3, -0.25) is 4.57 Å². The van der Waals surface area contributed by atoms with Crippen molar-refractivity contribution in [3.63, 3.8) is 0 Å². The first-order chi connectivity index (χ1) is 27.2. The van der Waals surface area contributed by atoms with E-state index in [9.17, 15) is 0 Å². The van der Waals surface area contributed by atoms with E-state index in [1.165, 1.54) is 0 Å². The Labute approximate surface area is 312 Å². The van der Waals surface area contributed by atoms with E-state index in [1.807, 2.05) is 42.5 Å². The molecule has 0 aliphatic heterocycles. The van der Waals surface area contributed by atoms with Gasteiger partial charge in [-0.2, -0.15) is 9.97 Å². The molecule has 7 aromatic carbocycles. The number of pyridine rings is 1. The molecule has 5 heterocycles. The summed E-state index contributed by atoms with van der Waals surface area (Å²) in [5.74, 6) is 1.63. The molecule has 0 unspecified atom stereocenters. The molecule has 0 N–H and O–H groups in total. The zero-order chi connectivity index (χ0) is 36.0. The highest BCUT2D eigenvalue weighted by molar-refractivity contribution is 6.13. The van der Waals surface area contributed by atoms with Gasteiger partial charge >= 0.3 is 0 Å². The topological polar surface area (TPSA) is 82.8 Å². The monoisotopic (exact) mass is 705 g/mol. The van der Waals surface area contributed by atoms with Crippen molar-refractivity contribution in [3.05, 3.63) is 164 Å². The van der Waals surface area contributed by atoms with Gasteiger partial charge in [0.15, 0.2) is 11.6 Å². The van der Waals surface area contributed by atoms with Crippen LogP contribution in [0.2, 0.25) is 0 Å². The van der Waals surface area contributed by atoms with Crippen LogP contribution < -0.4 is 0 Å². The van der Waals surface area contributed by atoms with Gasteiger partial charge in [-0.1, -0.05) is 115 Å². The molecule has 12 aromatic rings. The lowest BCUT2D eigenvalue weighted by Crippen LogP contribution is -2.06. The van der Waals surface area contributed by atoms with Crippen molar-refractivity contribution in [3.8, 4) is 39.9 Å². The third kappa shape index (κ3) is 4.50. The van der Waals surface area contributed by atoms with Gasteiger partial charge in [0.2, 0.25) is 11.7 Å². The summed E-state index contributed by atoms with van der Waals surface area (Å²) < 4.78 is 14.9. The number of para-hydroxylation sites is 3. The van der Waals surface area contributed by atoms with Crippen LogP contribution in [0.3, 0.4) is 0 Å². The molecule has 5 aromatic heterocycles. The Balaban J connectivity index is 1.15. The number of rotatable bonds is 4. The molecule has 7 nitrogen and oxygen atoms in total. The summed E-state index contributed by atoms with van der Waals surface area (Å²) in [6.45, 7) is 0. The van der Waals surface area contributed by atoms with Crippen molar-refractivity contribution < 1.29 is 8.83 Å². The first-order valence-electron chi connectivity index (χ1n) is 18.2.